The molecule has 1 atom stereocenters. The van der Waals surface area contributed by atoms with Crippen LogP contribution in [0.4, 0.5) is 15.9 Å². The standard InChI is InChI=1S/C26H27ClFN5O/c27-21-5-3-19(4-6-21)24-11-12-25(30-29-24)33-13-1-2-20(18-33)26(34)32-16-14-31(15-17-32)23-9-7-22(28)8-10-23/h3-12,20H,1-2,13-18H2/t20-/m0/s1. The van der Waals surface area contributed by atoms with Crippen molar-refractivity contribution in [3.05, 3.63) is 71.5 Å². The second-order valence-corrected chi connectivity index (χ2v) is 9.29. The highest BCUT2D eigenvalue weighted by atomic mass is 35.5. The summed E-state index contributed by atoms with van der Waals surface area (Å²) in [4.78, 5) is 19.6. The van der Waals surface area contributed by atoms with E-state index in [-0.39, 0.29) is 17.6 Å². The first-order chi connectivity index (χ1) is 16.6. The molecule has 3 heterocycles. The fourth-order valence-corrected chi connectivity index (χ4v) is 4.88. The van der Waals surface area contributed by atoms with Crippen LogP contribution in [-0.2, 0) is 4.79 Å². The average Bonchev–Trinajstić information content (AvgIpc) is 2.89. The van der Waals surface area contributed by atoms with Gasteiger partial charge in [0.2, 0.25) is 5.91 Å². The normalized spacial score (nSPS) is 18.8. The molecule has 6 nitrogen and oxygen atoms in total. The molecule has 0 saturated carbocycles. The number of carbonyl (C=O) groups excluding carboxylic acids is 1. The molecule has 3 aromatic rings. The Kier molecular flexibility index (Phi) is 6.63. The fourth-order valence-electron chi connectivity index (χ4n) is 4.75. The summed E-state index contributed by atoms with van der Waals surface area (Å²) in [5.74, 6) is 0.748. The molecule has 0 bridgehead atoms. The highest BCUT2D eigenvalue weighted by Gasteiger charge is 2.31. The van der Waals surface area contributed by atoms with Crippen molar-refractivity contribution in [3.8, 4) is 11.3 Å². The Hall–Kier alpha value is -3.19. The maximum Gasteiger partial charge on any atom is 0.227 e. The molecule has 0 radical (unpaired) electrons. The van der Waals surface area contributed by atoms with Crippen molar-refractivity contribution < 1.29 is 9.18 Å². The van der Waals surface area contributed by atoms with Gasteiger partial charge in [-0.25, -0.2) is 4.39 Å². The fraction of sp³-hybridized carbons (Fsp3) is 0.346. The third-order valence-electron chi connectivity index (χ3n) is 6.67. The molecule has 176 valence electrons. The third-order valence-corrected chi connectivity index (χ3v) is 6.92. The Labute approximate surface area is 204 Å². The van der Waals surface area contributed by atoms with Crippen LogP contribution < -0.4 is 9.80 Å². The molecule has 0 N–H and O–H groups in total. The van der Waals surface area contributed by atoms with Crippen molar-refractivity contribution in [2.75, 3.05) is 49.1 Å². The number of carbonyl (C=O) groups is 1. The summed E-state index contributed by atoms with van der Waals surface area (Å²) in [5, 5.41) is 9.53. The predicted molar refractivity (Wildman–Crippen MR) is 133 cm³/mol. The van der Waals surface area contributed by atoms with Gasteiger partial charge in [-0.15, -0.1) is 10.2 Å². The van der Waals surface area contributed by atoms with E-state index in [1.807, 2.05) is 41.3 Å². The molecule has 0 spiro atoms. The highest BCUT2D eigenvalue weighted by Crippen LogP contribution is 2.26. The number of anilines is 2. The van der Waals surface area contributed by atoms with Gasteiger partial charge in [-0.1, -0.05) is 23.7 Å². The van der Waals surface area contributed by atoms with E-state index in [2.05, 4.69) is 20.0 Å². The van der Waals surface area contributed by atoms with Crippen molar-refractivity contribution in [1.29, 1.82) is 0 Å². The lowest BCUT2D eigenvalue weighted by atomic mass is 9.96. The number of rotatable bonds is 4. The van der Waals surface area contributed by atoms with E-state index in [4.69, 9.17) is 11.6 Å². The zero-order valence-corrected chi connectivity index (χ0v) is 19.7. The van der Waals surface area contributed by atoms with E-state index < -0.39 is 0 Å². The lowest BCUT2D eigenvalue weighted by Gasteiger charge is -2.40. The highest BCUT2D eigenvalue weighted by molar-refractivity contribution is 6.30. The van der Waals surface area contributed by atoms with E-state index in [9.17, 15) is 9.18 Å². The van der Waals surface area contributed by atoms with Crippen molar-refractivity contribution in [2.45, 2.75) is 12.8 Å². The van der Waals surface area contributed by atoms with Crippen LogP contribution in [0.1, 0.15) is 12.8 Å². The molecule has 5 rings (SSSR count). The SMILES string of the molecule is O=C([C@H]1CCCN(c2ccc(-c3ccc(Cl)cc3)nn2)C1)N1CCN(c2ccc(F)cc2)CC1. The molecule has 1 amide bonds. The van der Waals surface area contributed by atoms with Crippen LogP contribution in [0.2, 0.25) is 5.02 Å². The minimum Gasteiger partial charge on any atom is -0.368 e. The van der Waals surface area contributed by atoms with Gasteiger partial charge in [0.1, 0.15) is 5.82 Å². The Balaban J connectivity index is 1.18. The number of aromatic nitrogens is 2. The van der Waals surface area contributed by atoms with E-state index in [0.717, 1.165) is 55.2 Å². The maximum absolute atomic E-state index is 13.3. The Morgan fingerprint density at radius 1 is 0.853 bits per heavy atom. The van der Waals surface area contributed by atoms with E-state index in [1.54, 1.807) is 12.1 Å². The molecule has 8 heteroatoms. The largest absolute Gasteiger partial charge is 0.368 e. The lowest BCUT2D eigenvalue weighted by molar-refractivity contribution is -0.136. The molecule has 2 aromatic carbocycles. The third kappa shape index (κ3) is 4.99. The van der Waals surface area contributed by atoms with Crippen LogP contribution in [-0.4, -0.2) is 60.3 Å². The number of hydrogen-bond donors (Lipinski definition) is 0. The molecular formula is C26H27ClFN5O. The van der Waals surface area contributed by atoms with Gasteiger partial charge in [0.15, 0.2) is 5.82 Å². The van der Waals surface area contributed by atoms with Crippen LogP contribution >= 0.6 is 11.6 Å². The summed E-state index contributed by atoms with van der Waals surface area (Å²) < 4.78 is 13.2. The smallest absolute Gasteiger partial charge is 0.227 e. The number of piperazine rings is 1. The summed E-state index contributed by atoms with van der Waals surface area (Å²) in [6.07, 6.45) is 1.84. The first kappa shape index (κ1) is 22.6. The number of piperidine rings is 1. The summed E-state index contributed by atoms with van der Waals surface area (Å²) in [6, 6.07) is 18.0. The van der Waals surface area contributed by atoms with Crippen LogP contribution in [0.15, 0.2) is 60.7 Å². The summed E-state index contributed by atoms with van der Waals surface area (Å²) in [6.45, 7) is 4.41. The van der Waals surface area contributed by atoms with E-state index in [0.29, 0.717) is 24.7 Å². The van der Waals surface area contributed by atoms with Crippen molar-refractivity contribution in [1.82, 2.24) is 15.1 Å². The Morgan fingerprint density at radius 3 is 2.26 bits per heavy atom. The monoisotopic (exact) mass is 479 g/mol. The van der Waals surface area contributed by atoms with E-state index in [1.165, 1.54) is 12.1 Å². The lowest BCUT2D eigenvalue weighted by Crippen LogP contribution is -2.52. The molecule has 34 heavy (non-hydrogen) atoms. The number of amides is 1. The predicted octanol–water partition coefficient (Wildman–Crippen LogP) is 4.50. The van der Waals surface area contributed by atoms with Crippen molar-refractivity contribution >= 4 is 29.0 Å². The number of nitrogens with zero attached hydrogens (tertiary/aromatic N) is 5. The molecule has 0 unspecified atom stereocenters. The minimum atomic E-state index is -0.233. The molecule has 2 aliphatic rings. The molecule has 2 saturated heterocycles. The second-order valence-electron chi connectivity index (χ2n) is 8.86. The number of benzene rings is 2. The van der Waals surface area contributed by atoms with Crippen LogP contribution in [0.3, 0.4) is 0 Å². The van der Waals surface area contributed by atoms with Crippen molar-refractivity contribution in [3.63, 3.8) is 0 Å². The van der Waals surface area contributed by atoms with Gasteiger partial charge >= 0.3 is 0 Å². The zero-order valence-electron chi connectivity index (χ0n) is 18.9. The van der Waals surface area contributed by atoms with Gasteiger partial charge in [-0.2, -0.15) is 0 Å². The summed E-state index contributed by atoms with van der Waals surface area (Å²) >= 11 is 5.97. The maximum atomic E-state index is 13.3. The van der Waals surface area contributed by atoms with Crippen LogP contribution in [0.25, 0.3) is 11.3 Å². The van der Waals surface area contributed by atoms with Gasteiger partial charge in [0.05, 0.1) is 11.6 Å². The summed E-state index contributed by atoms with van der Waals surface area (Å²) in [5.41, 5.74) is 2.76. The zero-order chi connectivity index (χ0) is 23.5. The van der Waals surface area contributed by atoms with Crippen LogP contribution in [0, 0.1) is 11.7 Å². The van der Waals surface area contributed by atoms with Gasteiger partial charge in [-0.05, 0) is 61.4 Å². The van der Waals surface area contributed by atoms with Gasteiger partial charge in [-0.3, -0.25) is 4.79 Å². The van der Waals surface area contributed by atoms with Crippen LogP contribution in [0.5, 0.6) is 0 Å². The molecule has 0 aliphatic carbocycles. The van der Waals surface area contributed by atoms with Gasteiger partial charge in [0, 0.05) is 55.5 Å². The first-order valence-corrected chi connectivity index (χ1v) is 12.1. The topological polar surface area (TPSA) is 52.6 Å². The van der Waals surface area contributed by atoms with Gasteiger partial charge < -0.3 is 14.7 Å². The number of hydrogen-bond acceptors (Lipinski definition) is 5. The van der Waals surface area contributed by atoms with Gasteiger partial charge in [0.25, 0.3) is 0 Å². The molecular weight excluding hydrogens is 453 g/mol. The quantitative estimate of drug-likeness (QED) is 0.551. The molecule has 2 fully saturated rings. The average molecular weight is 480 g/mol. The first-order valence-electron chi connectivity index (χ1n) is 11.7. The van der Waals surface area contributed by atoms with Crippen molar-refractivity contribution in [2.24, 2.45) is 5.92 Å². The second kappa shape index (κ2) is 9.97. The minimum absolute atomic E-state index is 0.0381. The number of halogens is 2. The molecule has 1 aromatic heterocycles. The Morgan fingerprint density at radius 2 is 1.59 bits per heavy atom. The molecule has 2 aliphatic heterocycles. The Bertz CT molecular complexity index is 1120. The summed E-state index contributed by atoms with van der Waals surface area (Å²) in [7, 11) is 0. The van der Waals surface area contributed by atoms with E-state index >= 15 is 0 Å².